The van der Waals surface area contributed by atoms with Crippen molar-refractivity contribution in [2.24, 2.45) is 0 Å². The molecule has 0 aliphatic heterocycles. The second-order valence-electron chi connectivity index (χ2n) is 8.42. The summed E-state index contributed by atoms with van der Waals surface area (Å²) in [5.74, 6) is 1.17. The molecule has 0 bridgehead atoms. The molecule has 10 nitrogen and oxygen atoms in total. The number of furan rings is 1. The lowest BCUT2D eigenvalue weighted by molar-refractivity contribution is -0.127. The number of amides is 2. The van der Waals surface area contributed by atoms with Gasteiger partial charge in [-0.15, -0.1) is 21.5 Å². The molecule has 5 rings (SSSR count). The van der Waals surface area contributed by atoms with Gasteiger partial charge in [-0.05, 0) is 67.6 Å². The van der Waals surface area contributed by atoms with E-state index in [-0.39, 0.29) is 18.5 Å². The highest BCUT2D eigenvalue weighted by Crippen LogP contribution is 2.36. The lowest BCUT2D eigenvalue weighted by Crippen LogP contribution is -2.46. The molecule has 36 heavy (non-hydrogen) atoms. The van der Waals surface area contributed by atoms with Crippen molar-refractivity contribution in [1.82, 2.24) is 25.5 Å². The number of aromatic nitrogens is 4. The number of nitrogens with zero attached hydrogens (tertiary/aromatic N) is 5. The number of ether oxygens (including phenoxy) is 1. The van der Waals surface area contributed by atoms with E-state index in [0.29, 0.717) is 35.4 Å². The normalized spacial score (nSPS) is 13.8. The van der Waals surface area contributed by atoms with Crippen LogP contribution in [0.1, 0.15) is 37.3 Å². The Morgan fingerprint density at radius 3 is 2.75 bits per heavy atom. The molecule has 3 aromatic heterocycles. The van der Waals surface area contributed by atoms with Gasteiger partial charge >= 0.3 is 0 Å². The van der Waals surface area contributed by atoms with Crippen molar-refractivity contribution < 1.29 is 18.7 Å². The number of carbonyl (C=O) groups is 2. The summed E-state index contributed by atoms with van der Waals surface area (Å²) in [5.41, 5.74) is 0.452. The minimum Gasteiger partial charge on any atom is -0.492 e. The molecule has 0 spiro atoms. The molecule has 2 amide bonds. The van der Waals surface area contributed by atoms with Crippen LogP contribution in [-0.2, 0) is 16.1 Å². The van der Waals surface area contributed by atoms with Gasteiger partial charge in [0.05, 0.1) is 17.2 Å². The number of aryl methyl sites for hydroxylation is 1. The van der Waals surface area contributed by atoms with Gasteiger partial charge in [0.1, 0.15) is 23.8 Å². The number of carbonyl (C=O) groups excluding carboxylic acids is 2. The van der Waals surface area contributed by atoms with Gasteiger partial charge in [-0.25, -0.2) is 0 Å². The highest BCUT2D eigenvalue weighted by molar-refractivity contribution is 7.13. The Kier molecular flexibility index (Phi) is 6.81. The first-order chi connectivity index (χ1) is 17.5. The van der Waals surface area contributed by atoms with Crippen molar-refractivity contribution in [2.45, 2.75) is 45.3 Å². The van der Waals surface area contributed by atoms with Gasteiger partial charge in [0.25, 0.3) is 11.8 Å². The van der Waals surface area contributed by atoms with Gasteiger partial charge in [0.2, 0.25) is 5.82 Å². The monoisotopic (exact) mass is 506 g/mol. The second kappa shape index (κ2) is 10.3. The van der Waals surface area contributed by atoms with E-state index in [1.807, 2.05) is 30.5 Å². The number of hydrogen-bond acceptors (Lipinski definition) is 8. The summed E-state index contributed by atoms with van der Waals surface area (Å²) in [5, 5.41) is 17.5. The summed E-state index contributed by atoms with van der Waals surface area (Å²) in [6, 6.07) is 13.5. The molecule has 0 unspecified atom stereocenters. The van der Waals surface area contributed by atoms with Gasteiger partial charge in [0, 0.05) is 6.04 Å². The maximum atomic E-state index is 13.9. The van der Waals surface area contributed by atoms with Crippen molar-refractivity contribution >= 4 is 28.8 Å². The predicted octanol–water partition coefficient (Wildman–Crippen LogP) is 3.75. The zero-order chi connectivity index (χ0) is 25.1. The van der Waals surface area contributed by atoms with Crippen molar-refractivity contribution in [1.29, 1.82) is 0 Å². The number of benzene rings is 1. The predicted molar refractivity (Wildman–Crippen MR) is 134 cm³/mol. The van der Waals surface area contributed by atoms with Crippen LogP contribution in [0.3, 0.4) is 0 Å². The quantitative estimate of drug-likeness (QED) is 0.348. The summed E-state index contributed by atoms with van der Waals surface area (Å²) >= 11 is 1.48. The number of hydrogen-bond donors (Lipinski definition) is 1. The Hall–Kier alpha value is -3.99. The number of thiophene rings is 1. The number of rotatable bonds is 10. The van der Waals surface area contributed by atoms with Crippen LogP contribution >= 0.6 is 11.3 Å². The lowest BCUT2D eigenvalue weighted by Gasteiger charge is -2.31. The highest BCUT2D eigenvalue weighted by atomic mass is 32.1. The Bertz CT molecular complexity index is 1340. The molecule has 1 N–H and O–H groups in total. The fourth-order valence-corrected chi connectivity index (χ4v) is 4.49. The SMILES string of the molecule is CCOc1ccccc1N(C(=O)Cn1nnc(-c2cccs2)n1)[C@@H](C(=O)NC1CC1)c1ccc(C)o1. The Labute approximate surface area is 211 Å². The van der Waals surface area contributed by atoms with Crippen molar-refractivity contribution in [3.8, 4) is 16.5 Å². The maximum absolute atomic E-state index is 13.9. The first kappa shape index (κ1) is 23.7. The molecule has 1 saturated carbocycles. The molecule has 1 aliphatic carbocycles. The molecular formula is C25H26N6O4S. The first-order valence-electron chi connectivity index (χ1n) is 11.8. The topological polar surface area (TPSA) is 115 Å². The average molecular weight is 507 g/mol. The average Bonchev–Trinajstić information content (AvgIpc) is 3.24. The maximum Gasteiger partial charge on any atom is 0.251 e. The second-order valence-corrected chi connectivity index (χ2v) is 9.37. The van der Waals surface area contributed by atoms with E-state index in [4.69, 9.17) is 9.15 Å². The van der Waals surface area contributed by atoms with Crippen LogP contribution in [0.2, 0.25) is 0 Å². The number of tetrazole rings is 1. The van der Waals surface area contributed by atoms with Crippen LogP contribution in [0.4, 0.5) is 5.69 Å². The van der Waals surface area contributed by atoms with Gasteiger partial charge in [-0.2, -0.15) is 4.80 Å². The Morgan fingerprint density at radius 2 is 2.06 bits per heavy atom. The molecule has 4 aromatic rings. The molecule has 1 fully saturated rings. The summed E-state index contributed by atoms with van der Waals surface area (Å²) < 4.78 is 11.7. The van der Waals surface area contributed by atoms with E-state index in [2.05, 4.69) is 20.7 Å². The van der Waals surface area contributed by atoms with E-state index in [1.54, 1.807) is 37.3 Å². The third-order valence-electron chi connectivity index (χ3n) is 5.63. The molecule has 186 valence electrons. The first-order valence-corrected chi connectivity index (χ1v) is 12.6. The van der Waals surface area contributed by atoms with E-state index >= 15 is 0 Å². The fourth-order valence-electron chi connectivity index (χ4n) is 3.84. The zero-order valence-corrected chi connectivity index (χ0v) is 20.8. The molecular weight excluding hydrogens is 480 g/mol. The lowest BCUT2D eigenvalue weighted by atomic mass is 10.1. The summed E-state index contributed by atoms with van der Waals surface area (Å²) in [6.45, 7) is 3.82. The summed E-state index contributed by atoms with van der Waals surface area (Å²) in [4.78, 5) is 31.0. The van der Waals surface area contributed by atoms with Crippen LogP contribution < -0.4 is 15.0 Å². The van der Waals surface area contributed by atoms with Crippen LogP contribution in [0, 0.1) is 6.92 Å². The summed E-state index contributed by atoms with van der Waals surface area (Å²) in [7, 11) is 0. The minimum absolute atomic E-state index is 0.0977. The Balaban J connectivity index is 1.54. The number of para-hydroxylation sites is 2. The fraction of sp³-hybridized carbons (Fsp3) is 0.320. The Morgan fingerprint density at radius 1 is 1.22 bits per heavy atom. The van der Waals surface area contributed by atoms with Crippen LogP contribution in [0.5, 0.6) is 5.75 Å². The smallest absolute Gasteiger partial charge is 0.251 e. The van der Waals surface area contributed by atoms with Crippen LogP contribution in [-0.4, -0.2) is 44.7 Å². The molecule has 1 aromatic carbocycles. The zero-order valence-electron chi connectivity index (χ0n) is 20.0. The van der Waals surface area contributed by atoms with Crippen molar-refractivity contribution in [3.05, 3.63) is 65.4 Å². The summed E-state index contributed by atoms with van der Waals surface area (Å²) in [6.07, 6.45) is 1.82. The highest BCUT2D eigenvalue weighted by Gasteiger charge is 2.39. The molecule has 11 heteroatoms. The standard InChI is InChI=1S/C25H26N6O4S/c1-3-34-19-8-5-4-7-18(19)31(22(32)15-30-28-24(27-29-30)21-9-6-14-36-21)23(20-13-10-16(2)35-20)25(33)26-17-11-12-17/h4-10,13-14,17,23H,3,11-12,15H2,1-2H3,(H,26,33)/t23-/m1/s1. The molecule has 0 saturated heterocycles. The molecule has 3 heterocycles. The van der Waals surface area contributed by atoms with Crippen molar-refractivity contribution in [2.75, 3.05) is 11.5 Å². The van der Waals surface area contributed by atoms with Crippen LogP contribution in [0.15, 0.2) is 58.3 Å². The van der Waals surface area contributed by atoms with E-state index in [0.717, 1.165) is 17.7 Å². The van der Waals surface area contributed by atoms with Gasteiger partial charge in [0.15, 0.2) is 6.04 Å². The molecule has 1 atom stereocenters. The number of nitrogens with one attached hydrogen (secondary N) is 1. The molecule has 1 aliphatic rings. The third-order valence-corrected chi connectivity index (χ3v) is 6.49. The number of anilines is 1. The van der Waals surface area contributed by atoms with E-state index in [9.17, 15) is 9.59 Å². The largest absolute Gasteiger partial charge is 0.492 e. The van der Waals surface area contributed by atoms with E-state index in [1.165, 1.54) is 21.0 Å². The third kappa shape index (κ3) is 5.15. The molecule has 0 radical (unpaired) electrons. The van der Waals surface area contributed by atoms with Gasteiger partial charge < -0.3 is 14.5 Å². The van der Waals surface area contributed by atoms with Crippen molar-refractivity contribution in [3.63, 3.8) is 0 Å². The van der Waals surface area contributed by atoms with Gasteiger partial charge in [-0.3, -0.25) is 14.5 Å². The van der Waals surface area contributed by atoms with Gasteiger partial charge in [-0.1, -0.05) is 18.2 Å². The van der Waals surface area contributed by atoms with E-state index < -0.39 is 11.9 Å². The minimum atomic E-state index is -1.05. The van der Waals surface area contributed by atoms with Crippen LogP contribution in [0.25, 0.3) is 10.7 Å².